The zero-order valence-electron chi connectivity index (χ0n) is 13.5. The van der Waals surface area contributed by atoms with Gasteiger partial charge in [-0.1, -0.05) is 19.1 Å². The third kappa shape index (κ3) is 2.69. The highest BCUT2D eigenvalue weighted by Crippen LogP contribution is 2.39. The van der Waals surface area contributed by atoms with Gasteiger partial charge in [0.15, 0.2) is 6.61 Å². The molecule has 0 radical (unpaired) electrons. The second-order valence-electron chi connectivity index (χ2n) is 6.69. The lowest BCUT2D eigenvalue weighted by atomic mass is 9.96. The van der Waals surface area contributed by atoms with E-state index in [1.165, 1.54) is 4.90 Å². The van der Waals surface area contributed by atoms with Crippen LogP contribution in [0.1, 0.15) is 27.2 Å². The van der Waals surface area contributed by atoms with Gasteiger partial charge in [-0.05, 0) is 38.3 Å². The molecule has 3 rings (SSSR count). The van der Waals surface area contributed by atoms with E-state index in [0.717, 1.165) is 6.42 Å². The van der Waals surface area contributed by atoms with Gasteiger partial charge in [-0.15, -0.1) is 0 Å². The monoisotopic (exact) mass is 316 g/mol. The van der Waals surface area contributed by atoms with Crippen LogP contribution in [0.25, 0.3) is 0 Å². The van der Waals surface area contributed by atoms with Crippen molar-refractivity contribution in [3.63, 3.8) is 0 Å². The molecule has 6 heteroatoms. The van der Waals surface area contributed by atoms with E-state index in [-0.39, 0.29) is 24.4 Å². The Balaban J connectivity index is 1.80. The second kappa shape index (κ2) is 5.37. The van der Waals surface area contributed by atoms with Crippen molar-refractivity contribution in [3.8, 4) is 0 Å². The third-order valence-corrected chi connectivity index (χ3v) is 4.51. The first-order valence-electron chi connectivity index (χ1n) is 7.72. The Bertz CT molecular complexity index is 683. The number of nitrogens with one attached hydrogen (secondary N) is 1. The number of benzene rings is 1. The Kier molecular flexibility index (Phi) is 3.62. The summed E-state index contributed by atoms with van der Waals surface area (Å²) in [6.45, 7) is 4.96. The van der Waals surface area contributed by atoms with Crippen LogP contribution in [-0.2, 0) is 19.1 Å². The van der Waals surface area contributed by atoms with Crippen LogP contribution < -0.4 is 10.2 Å². The molecule has 2 amide bonds. The number of rotatable bonds is 3. The van der Waals surface area contributed by atoms with E-state index in [4.69, 9.17) is 4.74 Å². The predicted molar refractivity (Wildman–Crippen MR) is 84.9 cm³/mol. The maximum Gasteiger partial charge on any atom is 0.309 e. The molecule has 0 unspecified atom stereocenters. The van der Waals surface area contributed by atoms with Crippen molar-refractivity contribution in [1.82, 2.24) is 0 Å². The molecule has 2 aliphatic rings. The molecule has 23 heavy (non-hydrogen) atoms. The molecule has 0 spiro atoms. The Labute approximate surface area is 134 Å². The molecule has 1 aliphatic carbocycles. The van der Waals surface area contributed by atoms with Crippen LogP contribution in [0.2, 0.25) is 0 Å². The Morgan fingerprint density at radius 1 is 1.35 bits per heavy atom. The number of anilines is 2. The molecule has 1 aliphatic heterocycles. The van der Waals surface area contributed by atoms with Gasteiger partial charge in [0.25, 0.3) is 5.91 Å². The molecule has 1 fully saturated rings. The molecule has 1 heterocycles. The fraction of sp³-hybridized carbons (Fsp3) is 0.471. The smallest absolute Gasteiger partial charge is 0.309 e. The molecule has 0 saturated heterocycles. The Morgan fingerprint density at radius 3 is 2.65 bits per heavy atom. The molecular formula is C17H20N2O4. The van der Waals surface area contributed by atoms with Crippen LogP contribution in [0.15, 0.2) is 24.3 Å². The fourth-order valence-electron chi connectivity index (χ4n) is 2.85. The number of carbonyl (C=O) groups excluding carboxylic acids is 3. The summed E-state index contributed by atoms with van der Waals surface area (Å²) in [5.41, 5.74) is 0.135. The third-order valence-electron chi connectivity index (χ3n) is 4.51. The molecule has 1 N–H and O–H groups in total. The number of ether oxygens (including phenoxy) is 1. The highest BCUT2D eigenvalue weighted by Gasteiger charge is 2.45. The first kappa shape index (κ1) is 15.5. The van der Waals surface area contributed by atoms with E-state index >= 15 is 0 Å². The number of hydrogen-bond acceptors (Lipinski definition) is 4. The molecule has 1 aromatic carbocycles. The summed E-state index contributed by atoms with van der Waals surface area (Å²) in [4.78, 5) is 38.1. The molecule has 0 aromatic heterocycles. The minimum atomic E-state index is -1.05. The Hall–Kier alpha value is -2.37. The van der Waals surface area contributed by atoms with Gasteiger partial charge in [0.05, 0.1) is 17.3 Å². The van der Waals surface area contributed by atoms with Gasteiger partial charge < -0.3 is 10.1 Å². The summed E-state index contributed by atoms with van der Waals surface area (Å²) >= 11 is 0. The maximum absolute atomic E-state index is 12.6. The number of esters is 1. The summed E-state index contributed by atoms with van der Waals surface area (Å²) in [7, 11) is 0. The minimum absolute atomic E-state index is 0.0900. The highest BCUT2D eigenvalue weighted by molar-refractivity contribution is 6.14. The highest BCUT2D eigenvalue weighted by atomic mass is 16.5. The number of hydrogen-bond donors (Lipinski definition) is 1. The summed E-state index contributed by atoms with van der Waals surface area (Å²) in [5, 5.41) is 2.79. The van der Waals surface area contributed by atoms with Crippen molar-refractivity contribution in [3.05, 3.63) is 24.3 Å². The van der Waals surface area contributed by atoms with Crippen molar-refractivity contribution in [1.29, 1.82) is 0 Å². The standard InChI is InChI=1S/C17H20N2O4/c1-10-8-11(10)15(21)23-9-14(20)19-13-7-5-4-6-12(13)18-16(22)17(19,2)3/h4-7,10-11H,8-9H2,1-3H3,(H,18,22)/t10-,11-/m0/s1. The number of amides is 2. The lowest BCUT2D eigenvalue weighted by Crippen LogP contribution is -2.59. The van der Waals surface area contributed by atoms with E-state index in [1.54, 1.807) is 38.1 Å². The van der Waals surface area contributed by atoms with Crippen LogP contribution >= 0.6 is 0 Å². The van der Waals surface area contributed by atoms with Crippen LogP contribution in [0.5, 0.6) is 0 Å². The van der Waals surface area contributed by atoms with E-state index in [2.05, 4.69) is 5.32 Å². The molecule has 6 nitrogen and oxygen atoms in total. The molecule has 1 aromatic rings. The summed E-state index contributed by atoms with van der Waals surface area (Å²) in [5.74, 6) is -0.771. The first-order chi connectivity index (χ1) is 10.8. The molecule has 122 valence electrons. The predicted octanol–water partition coefficient (Wildman–Crippen LogP) is 1.95. The average molecular weight is 316 g/mol. The van der Waals surface area contributed by atoms with Crippen molar-refractivity contribution >= 4 is 29.2 Å². The van der Waals surface area contributed by atoms with Crippen molar-refractivity contribution < 1.29 is 19.1 Å². The van der Waals surface area contributed by atoms with E-state index in [1.807, 2.05) is 6.92 Å². The van der Waals surface area contributed by atoms with Gasteiger partial charge in [-0.3, -0.25) is 19.3 Å². The zero-order chi connectivity index (χ0) is 16.8. The topological polar surface area (TPSA) is 75.7 Å². The van der Waals surface area contributed by atoms with E-state index < -0.39 is 11.4 Å². The van der Waals surface area contributed by atoms with E-state index in [9.17, 15) is 14.4 Å². The number of fused-ring (bicyclic) bond motifs is 1. The SMILES string of the molecule is C[C@H]1C[C@@H]1C(=O)OCC(=O)N1c2ccccc2NC(=O)C1(C)C. The molecule has 0 bridgehead atoms. The van der Waals surface area contributed by atoms with Gasteiger partial charge in [0.2, 0.25) is 5.91 Å². The van der Waals surface area contributed by atoms with Crippen LogP contribution in [0, 0.1) is 11.8 Å². The van der Waals surface area contributed by atoms with Crippen LogP contribution in [0.4, 0.5) is 11.4 Å². The Morgan fingerprint density at radius 2 is 2.00 bits per heavy atom. The maximum atomic E-state index is 12.6. The van der Waals surface area contributed by atoms with Crippen LogP contribution in [-0.4, -0.2) is 29.9 Å². The molecule has 2 atom stereocenters. The lowest BCUT2D eigenvalue weighted by molar-refractivity contribution is -0.149. The lowest BCUT2D eigenvalue weighted by Gasteiger charge is -2.41. The van der Waals surface area contributed by atoms with Crippen molar-refractivity contribution in [2.24, 2.45) is 11.8 Å². The van der Waals surface area contributed by atoms with Gasteiger partial charge in [0, 0.05) is 0 Å². The quantitative estimate of drug-likeness (QED) is 0.865. The van der Waals surface area contributed by atoms with Gasteiger partial charge in [0.1, 0.15) is 5.54 Å². The average Bonchev–Trinajstić information content (AvgIpc) is 3.22. The van der Waals surface area contributed by atoms with Crippen molar-refractivity contribution in [2.45, 2.75) is 32.7 Å². The first-order valence-corrected chi connectivity index (χ1v) is 7.72. The molecular weight excluding hydrogens is 296 g/mol. The number of nitrogens with zero attached hydrogens (tertiary/aromatic N) is 1. The van der Waals surface area contributed by atoms with Crippen LogP contribution in [0.3, 0.4) is 0 Å². The summed E-state index contributed by atoms with van der Waals surface area (Å²) in [6.07, 6.45) is 0.813. The summed E-state index contributed by atoms with van der Waals surface area (Å²) in [6, 6.07) is 7.08. The normalized spacial score (nSPS) is 24.5. The fourth-order valence-corrected chi connectivity index (χ4v) is 2.85. The van der Waals surface area contributed by atoms with Gasteiger partial charge in [-0.25, -0.2) is 0 Å². The van der Waals surface area contributed by atoms with Gasteiger partial charge in [-0.2, -0.15) is 0 Å². The van der Waals surface area contributed by atoms with Gasteiger partial charge >= 0.3 is 5.97 Å². The zero-order valence-corrected chi connectivity index (χ0v) is 13.5. The van der Waals surface area contributed by atoms with Crippen molar-refractivity contribution in [2.75, 3.05) is 16.8 Å². The largest absolute Gasteiger partial charge is 0.455 e. The second-order valence-corrected chi connectivity index (χ2v) is 6.69. The van der Waals surface area contributed by atoms with E-state index in [0.29, 0.717) is 17.3 Å². The number of carbonyl (C=O) groups is 3. The number of para-hydroxylation sites is 2. The molecule has 1 saturated carbocycles. The summed E-state index contributed by atoms with van der Waals surface area (Å²) < 4.78 is 5.13. The minimum Gasteiger partial charge on any atom is -0.455 e.